The molecule has 1 aliphatic carbocycles. The first-order chi connectivity index (χ1) is 19.6. The van der Waals surface area contributed by atoms with Gasteiger partial charge in [0.15, 0.2) is 0 Å². The molecule has 5 rings (SSSR count). The summed E-state index contributed by atoms with van der Waals surface area (Å²) in [6.45, 7) is 2.40. The molecule has 9 heteroatoms. The molecule has 1 aromatic heterocycles. The van der Waals surface area contributed by atoms with E-state index in [1.807, 2.05) is 79.7 Å². The monoisotopic (exact) mass is 541 g/mol. The number of methoxy groups -OCH3 is 1. The van der Waals surface area contributed by atoms with E-state index in [1.165, 1.54) is 0 Å². The van der Waals surface area contributed by atoms with Gasteiger partial charge in [-0.05, 0) is 44.0 Å². The van der Waals surface area contributed by atoms with Crippen molar-refractivity contribution in [3.8, 4) is 11.5 Å². The summed E-state index contributed by atoms with van der Waals surface area (Å²) < 4.78 is 13.1. The van der Waals surface area contributed by atoms with E-state index in [4.69, 9.17) is 9.47 Å². The maximum absolute atomic E-state index is 14.3. The number of hydrogen-bond acceptors (Lipinski definition) is 6. The normalized spacial score (nSPS) is 14.2. The molecule has 1 atom stereocenters. The number of para-hydroxylation sites is 3. The number of carbonyl (C=O) groups is 2. The molecule has 208 valence electrons. The van der Waals surface area contributed by atoms with E-state index in [9.17, 15) is 9.59 Å². The fourth-order valence-electron chi connectivity index (χ4n) is 5.39. The standard InChI is InChI=1S/C31H35N5O4/c1-3-40-28-19-11-7-15-24(28)30(31(38)32-23-13-5-6-14-23)35(20-22-12-4-10-18-27(22)39-2)29(37)21-36-26-17-9-8-16-25(26)33-34-36/h4,7-12,15-19,23,30H,3,5-6,13-14,20-21H2,1-2H3,(H,32,38). The summed E-state index contributed by atoms with van der Waals surface area (Å²) in [6, 6.07) is 21.6. The predicted molar refractivity (Wildman–Crippen MR) is 152 cm³/mol. The maximum atomic E-state index is 14.3. The van der Waals surface area contributed by atoms with E-state index in [2.05, 4.69) is 15.6 Å². The van der Waals surface area contributed by atoms with E-state index in [0.29, 0.717) is 29.2 Å². The molecular formula is C31H35N5O4. The van der Waals surface area contributed by atoms with Crippen LogP contribution in [0, 0.1) is 0 Å². The van der Waals surface area contributed by atoms with Gasteiger partial charge in [0, 0.05) is 17.2 Å². The molecule has 0 radical (unpaired) electrons. The lowest BCUT2D eigenvalue weighted by atomic mass is 10.0. The Hall–Kier alpha value is -4.40. The van der Waals surface area contributed by atoms with Crippen LogP contribution >= 0.6 is 0 Å². The lowest BCUT2D eigenvalue weighted by Crippen LogP contribution is -2.47. The highest BCUT2D eigenvalue weighted by atomic mass is 16.5. The van der Waals surface area contributed by atoms with Crippen LogP contribution in [-0.2, 0) is 22.7 Å². The third-order valence-corrected chi connectivity index (χ3v) is 7.33. The number of amides is 2. The summed E-state index contributed by atoms with van der Waals surface area (Å²) in [7, 11) is 1.60. The van der Waals surface area contributed by atoms with Gasteiger partial charge in [0.05, 0.1) is 25.8 Å². The Balaban J connectivity index is 1.58. The fraction of sp³-hybridized carbons (Fsp3) is 0.355. The summed E-state index contributed by atoms with van der Waals surface area (Å²) in [6.07, 6.45) is 4.01. The van der Waals surface area contributed by atoms with Gasteiger partial charge in [0.2, 0.25) is 11.8 Å². The van der Waals surface area contributed by atoms with Gasteiger partial charge >= 0.3 is 0 Å². The number of ether oxygens (including phenoxy) is 2. The van der Waals surface area contributed by atoms with Gasteiger partial charge in [-0.3, -0.25) is 9.59 Å². The molecular weight excluding hydrogens is 506 g/mol. The number of rotatable bonds is 11. The average molecular weight is 542 g/mol. The number of benzene rings is 3. The quantitative estimate of drug-likeness (QED) is 0.296. The van der Waals surface area contributed by atoms with E-state index >= 15 is 0 Å². The molecule has 1 N–H and O–H groups in total. The van der Waals surface area contributed by atoms with Crippen molar-refractivity contribution in [1.29, 1.82) is 0 Å². The zero-order chi connectivity index (χ0) is 27.9. The molecule has 1 aliphatic rings. The molecule has 0 bridgehead atoms. The van der Waals surface area contributed by atoms with E-state index < -0.39 is 6.04 Å². The van der Waals surface area contributed by atoms with Gasteiger partial charge < -0.3 is 19.7 Å². The van der Waals surface area contributed by atoms with Crippen molar-refractivity contribution in [3.63, 3.8) is 0 Å². The third kappa shape index (κ3) is 5.93. The van der Waals surface area contributed by atoms with Gasteiger partial charge in [-0.2, -0.15) is 0 Å². The fourth-order valence-corrected chi connectivity index (χ4v) is 5.39. The van der Waals surface area contributed by atoms with Crippen molar-refractivity contribution in [2.45, 2.75) is 57.8 Å². The third-order valence-electron chi connectivity index (χ3n) is 7.33. The molecule has 40 heavy (non-hydrogen) atoms. The van der Waals surface area contributed by atoms with Crippen LogP contribution in [0.4, 0.5) is 0 Å². The van der Waals surface area contributed by atoms with Crippen molar-refractivity contribution < 1.29 is 19.1 Å². The van der Waals surface area contributed by atoms with Crippen molar-refractivity contribution in [2.75, 3.05) is 13.7 Å². The van der Waals surface area contributed by atoms with Gasteiger partial charge in [0.1, 0.15) is 29.6 Å². The molecule has 2 amide bonds. The molecule has 1 saturated carbocycles. The predicted octanol–water partition coefficient (Wildman–Crippen LogP) is 4.67. The van der Waals surface area contributed by atoms with Crippen LogP contribution in [0.2, 0.25) is 0 Å². The van der Waals surface area contributed by atoms with Crippen LogP contribution in [0.1, 0.15) is 49.8 Å². The molecule has 9 nitrogen and oxygen atoms in total. The van der Waals surface area contributed by atoms with Gasteiger partial charge in [-0.25, -0.2) is 4.68 Å². The Morgan fingerprint density at radius 3 is 2.48 bits per heavy atom. The lowest BCUT2D eigenvalue weighted by Gasteiger charge is -2.33. The molecule has 4 aromatic rings. The summed E-state index contributed by atoms with van der Waals surface area (Å²) in [5, 5.41) is 11.7. The first kappa shape index (κ1) is 27.2. The zero-order valence-corrected chi connectivity index (χ0v) is 23.0. The van der Waals surface area contributed by atoms with Crippen LogP contribution in [0.5, 0.6) is 11.5 Å². The SMILES string of the molecule is CCOc1ccccc1C(C(=O)NC1CCCC1)N(Cc1ccccc1OC)C(=O)Cn1nnc2ccccc21. The van der Waals surface area contributed by atoms with Crippen molar-refractivity contribution >= 4 is 22.8 Å². The average Bonchev–Trinajstić information content (AvgIpc) is 3.64. The number of aromatic nitrogens is 3. The van der Waals surface area contributed by atoms with Crippen LogP contribution in [-0.4, -0.2) is 51.5 Å². The second kappa shape index (κ2) is 12.6. The highest BCUT2D eigenvalue weighted by Crippen LogP contribution is 2.33. The number of fused-ring (bicyclic) bond motifs is 1. The smallest absolute Gasteiger partial charge is 0.247 e. The molecule has 1 unspecified atom stereocenters. The Bertz CT molecular complexity index is 1460. The van der Waals surface area contributed by atoms with Crippen LogP contribution in [0.15, 0.2) is 72.8 Å². The largest absolute Gasteiger partial charge is 0.496 e. The molecule has 0 saturated heterocycles. The summed E-state index contributed by atoms with van der Waals surface area (Å²) in [4.78, 5) is 30.0. The Morgan fingerprint density at radius 2 is 1.70 bits per heavy atom. The molecule has 0 aliphatic heterocycles. The van der Waals surface area contributed by atoms with Crippen LogP contribution in [0.3, 0.4) is 0 Å². The second-order valence-corrected chi connectivity index (χ2v) is 9.93. The summed E-state index contributed by atoms with van der Waals surface area (Å²) in [5.41, 5.74) is 2.86. The summed E-state index contributed by atoms with van der Waals surface area (Å²) >= 11 is 0. The minimum Gasteiger partial charge on any atom is -0.496 e. The van der Waals surface area contributed by atoms with Crippen LogP contribution in [0.25, 0.3) is 11.0 Å². The molecule has 0 spiro atoms. The number of nitrogens with one attached hydrogen (secondary N) is 1. The van der Waals surface area contributed by atoms with E-state index in [1.54, 1.807) is 16.7 Å². The maximum Gasteiger partial charge on any atom is 0.247 e. The highest BCUT2D eigenvalue weighted by molar-refractivity contribution is 5.90. The lowest BCUT2D eigenvalue weighted by molar-refractivity contribution is -0.142. The van der Waals surface area contributed by atoms with Gasteiger partial charge in [0.25, 0.3) is 0 Å². The first-order valence-corrected chi connectivity index (χ1v) is 13.8. The van der Waals surface area contributed by atoms with Crippen LogP contribution < -0.4 is 14.8 Å². The highest BCUT2D eigenvalue weighted by Gasteiger charge is 2.36. The first-order valence-electron chi connectivity index (χ1n) is 13.8. The zero-order valence-electron chi connectivity index (χ0n) is 23.0. The second-order valence-electron chi connectivity index (χ2n) is 9.93. The number of hydrogen-bond donors (Lipinski definition) is 1. The van der Waals surface area contributed by atoms with Gasteiger partial charge in [-0.15, -0.1) is 5.10 Å². The van der Waals surface area contributed by atoms with Gasteiger partial charge in [-0.1, -0.05) is 66.6 Å². The minimum atomic E-state index is -0.935. The minimum absolute atomic E-state index is 0.0803. The van der Waals surface area contributed by atoms with Crippen molar-refractivity contribution in [1.82, 2.24) is 25.2 Å². The Morgan fingerprint density at radius 1 is 1.00 bits per heavy atom. The van der Waals surface area contributed by atoms with E-state index in [-0.39, 0.29) is 30.9 Å². The van der Waals surface area contributed by atoms with Crippen molar-refractivity contribution in [3.05, 3.63) is 83.9 Å². The number of carbonyl (C=O) groups excluding carboxylic acids is 2. The Kier molecular flexibility index (Phi) is 8.59. The Labute approximate surface area is 234 Å². The summed E-state index contributed by atoms with van der Waals surface area (Å²) in [5.74, 6) is 0.699. The topological polar surface area (TPSA) is 98.6 Å². The molecule has 1 fully saturated rings. The number of nitrogens with zero attached hydrogens (tertiary/aromatic N) is 4. The molecule has 1 heterocycles. The van der Waals surface area contributed by atoms with E-state index in [0.717, 1.165) is 36.8 Å². The van der Waals surface area contributed by atoms with Crippen molar-refractivity contribution in [2.24, 2.45) is 0 Å². The molecule has 3 aromatic carbocycles.